The van der Waals surface area contributed by atoms with E-state index in [9.17, 15) is 8.42 Å². The SMILES string of the molecule is CC1CCCCC1NS(=O)(=O)c1ccc(N)c(Br)c1. The normalized spacial score (nSPS) is 24.3. The Morgan fingerprint density at radius 3 is 2.63 bits per heavy atom. The topological polar surface area (TPSA) is 72.2 Å². The van der Waals surface area contributed by atoms with Gasteiger partial charge in [0.2, 0.25) is 10.0 Å². The zero-order valence-electron chi connectivity index (χ0n) is 10.9. The molecule has 3 N–H and O–H groups in total. The van der Waals surface area contributed by atoms with Crippen LogP contribution in [-0.4, -0.2) is 14.5 Å². The van der Waals surface area contributed by atoms with Gasteiger partial charge in [-0.1, -0.05) is 19.8 Å². The van der Waals surface area contributed by atoms with Crippen LogP contribution in [0.1, 0.15) is 32.6 Å². The van der Waals surface area contributed by atoms with Gasteiger partial charge in [-0.15, -0.1) is 0 Å². The van der Waals surface area contributed by atoms with Crippen molar-refractivity contribution in [1.29, 1.82) is 0 Å². The van der Waals surface area contributed by atoms with E-state index in [1.54, 1.807) is 12.1 Å². The minimum atomic E-state index is -3.47. The lowest BCUT2D eigenvalue weighted by Crippen LogP contribution is -2.40. The van der Waals surface area contributed by atoms with Crippen LogP contribution in [0.3, 0.4) is 0 Å². The highest BCUT2D eigenvalue weighted by atomic mass is 79.9. The van der Waals surface area contributed by atoms with E-state index in [0.29, 0.717) is 16.1 Å². The number of nitrogens with two attached hydrogens (primary N) is 1. The number of nitrogen functional groups attached to an aromatic ring is 1. The quantitative estimate of drug-likeness (QED) is 0.826. The molecule has 1 aromatic carbocycles. The predicted octanol–water partition coefficient (Wildman–Crippen LogP) is 2.89. The summed E-state index contributed by atoms with van der Waals surface area (Å²) < 4.78 is 28.1. The van der Waals surface area contributed by atoms with Crippen LogP contribution in [0, 0.1) is 5.92 Å². The monoisotopic (exact) mass is 346 g/mol. The standard InChI is InChI=1S/C13H19BrN2O2S/c1-9-4-2-3-5-13(9)16-19(17,18)10-6-7-12(15)11(14)8-10/h6-9,13,16H,2-5,15H2,1H3. The fourth-order valence-electron chi connectivity index (χ4n) is 2.43. The van der Waals surface area contributed by atoms with E-state index < -0.39 is 10.0 Å². The lowest BCUT2D eigenvalue weighted by molar-refractivity contribution is 0.310. The summed E-state index contributed by atoms with van der Waals surface area (Å²) in [5.74, 6) is 0.390. The van der Waals surface area contributed by atoms with Crippen LogP contribution in [-0.2, 0) is 10.0 Å². The van der Waals surface area contributed by atoms with Gasteiger partial charge in [-0.05, 0) is 52.9 Å². The molecular formula is C13H19BrN2O2S. The summed E-state index contributed by atoms with van der Waals surface area (Å²) in [5.41, 5.74) is 6.21. The van der Waals surface area contributed by atoms with Crippen molar-refractivity contribution in [3.05, 3.63) is 22.7 Å². The molecule has 1 aliphatic carbocycles. The molecule has 0 amide bonds. The van der Waals surface area contributed by atoms with Gasteiger partial charge < -0.3 is 5.73 Å². The lowest BCUT2D eigenvalue weighted by atomic mass is 9.87. The van der Waals surface area contributed by atoms with Crippen LogP contribution in [0.2, 0.25) is 0 Å². The summed E-state index contributed by atoms with van der Waals surface area (Å²) in [4.78, 5) is 0.256. The number of benzene rings is 1. The molecule has 0 heterocycles. The van der Waals surface area contributed by atoms with Crippen LogP contribution in [0.4, 0.5) is 5.69 Å². The third kappa shape index (κ3) is 3.49. The first-order chi connectivity index (χ1) is 8.90. The largest absolute Gasteiger partial charge is 0.398 e. The van der Waals surface area contributed by atoms with Gasteiger partial charge in [0.1, 0.15) is 0 Å². The van der Waals surface area contributed by atoms with E-state index in [2.05, 4.69) is 27.6 Å². The van der Waals surface area contributed by atoms with Crippen molar-refractivity contribution in [3.63, 3.8) is 0 Å². The zero-order chi connectivity index (χ0) is 14.0. The number of sulfonamides is 1. The van der Waals surface area contributed by atoms with E-state index in [0.717, 1.165) is 19.3 Å². The second kappa shape index (κ2) is 5.81. The second-order valence-corrected chi connectivity index (χ2v) is 7.74. The first-order valence-corrected chi connectivity index (χ1v) is 8.75. The maximum atomic E-state index is 12.3. The van der Waals surface area contributed by atoms with Crippen molar-refractivity contribution >= 4 is 31.6 Å². The van der Waals surface area contributed by atoms with Gasteiger partial charge in [0.25, 0.3) is 0 Å². The van der Waals surface area contributed by atoms with E-state index >= 15 is 0 Å². The summed E-state index contributed by atoms with van der Waals surface area (Å²) in [7, 11) is -3.47. The molecule has 0 bridgehead atoms. The molecule has 0 saturated heterocycles. The first kappa shape index (κ1) is 14.8. The molecule has 6 heteroatoms. The molecule has 0 aromatic heterocycles. The maximum Gasteiger partial charge on any atom is 0.240 e. The Hall–Kier alpha value is -0.590. The van der Waals surface area contributed by atoms with E-state index in [1.807, 2.05) is 0 Å². The van der Waals surface area contributed by atoms with Gasteiger partial charge in [-0.2, -0.15) is 0 Å². The Bertz CT molecular complexity index is 560. The van der Waals surface area contributed by atoms with Gasteiger partial charge in [0, 0.05) is 16.2 Å². The molecule has 2 unspecified atom stereocenters. The van der Waals surface area contributed by atoms with E-state index in [4.69, 9.17) is 5.73 Å². The van der Waals surface area contributed by atoms with E-state index in [1.165, 1.54) is 12.5 Å². The highest BCUT2D eigenvalue weighted by molar-refractivity contribution is 9.10. The molecule has 2 rings (SSSR count). The third-order valence-corrected chi connectivity index (χ3v) is 5.87. The Labute approximate surface area is 122 Å². The smallest absolute Gasteiger partial charge is 0.240 e. The van der Waals surface area contributed by atoms with E-state index in [-0.39, 0.29) is 10.9 Å². The number of hydrogen-bond donors (Lipinski definition) is 2. The zero-order valence-corrected chi connectivity index (χ0v) is 13.3. The van der Waals surface area contributed by atoms with Gasteiger partial charge in [-0.3, -0.25) is 0 Å². The van der Waals surface area contributed by atoms with Crippen molar-refractivity contribution in [1.82, 2.24) is 4.72 Å². The summed E-state index contributed by atoms with van der Waals surface area (Å²) in [6, 6.07) is 4.72. The molecule has 2 atom stereocenters. The number of hydrogen-bond acceptors (Lipinski definition) is 3. The molecular weight excluding hydrogens is 328 g/mol. The molecule has 106 valence electrons. The average molecular weight is 347 g/mol. The number of nitrogens with one attached hydrogen (secondary N) is 1. The predicted molar refractivity (Wildman–Crippen MR) is 80.3 cm³/mol. The first-order valence-electron chi connectivity index (χ1n) is 6.47. The Kier molecular flexibility index (Phi) is 4.53. The maximum absolute atomic E-state index is 12.3. The number of halogens is 1. The molecule has 4 nitrogen and oxygen atoms in total. The summed E-state index contributed by atoms with van der Waals surface area (Å²) in [6.45, 7) is 2.10. The van der Waals surface area contributed by atoms with Crippen molar-refractivity contribution in [3.8, 4) is 0 Å². The molecule has 0 radical (unpaired) electrons. The second-order valence-electron chi connectivity index (χ2n) is 5.17. The average Bonchev–Trinajstić information content (AvgIpc) is 2.35. The minimum Gasteiger partial charge on any atom is -0.398 e. The molecule has 19 heavy (non-hydrogen) atoms. The highest BCUT2D eigenvalue weighted by Crippen LogP contribution is 2.27. The Morgan fingerprint density at radius 1 is 1.32 bits per heavy atom. The van der Waals surface area contributed by atoms with Gasteiger partial charge in [0.05, 0.1) is 4.90 Å². The summed E-state index contributed by atoms with van der Waals surface area (Å²) in [6.07, 6.45) is 4.27. The van der Waals surface area contributed by atoms with Crippen LogP contribution >= 0.6 is 15.9 Å². The molecule has 1 aromatic rings. The van der Waals surface area contributed by atoms with Crippen molar-refractivity contribution in [2.45, 2.75) is 43.5 Å². The van der Waals surface area contributed by atoms with Crippen LogP contribution in [0.25, 0.3) is 0 Å². The van der Waals surface area contributed by atoms with Crippen molar-refractivity contribution in [2.24, 2.45) is 5.92 Å². The van der Waals surface area contributed by atoms with Gasteiger partial charge in [0.15, 0.2) is 0 Å². The Morgan fingerprint density at radius 2 is 2.00 bits per heavy atom. The lowest BCUT2D eigenvalue weighted by Gasteiger charge is -2.29. The summed E-state index contributed by atoms with van der Waals surface area (Å²) >= 11 is 3.26. The van der Waals surface area contributed by atoms with Crippen molar-refractivity contribution < 1.29 is 8.42 Å². The highest BCUT2D eigenvalue weighted by Gasteiger charge is 2.26. The molecule has 0 spiro atoms. The summed E-state index contributed by atoms with van der Waals surface area (Å²) in [5, 5.41) is 0. The van der Waals surface area contributed by atoms with Crippen LogP contribution in [0.15, 0.2) is 27.6 Å². The molecule has 1 aliphatic rings. The third-order valence-electron chi connectivity index (χ3n) is 3.70. The molecule has 0 aliphatic heterocycles. The fraction of sp³-hybridized carbons (Fsp3) is 0.538. The van der Waals surface area contributed by atoms with Crippen LogP contribution in [0.5, 0.6) is 0 Å². The Balaban J connectivity index is 2.19. The van der Waals surface area contributed by atoms with Crippen LogP contribution < -0.4 is 10.5 Å². The number of anilines is 1. The fourth-order valence-corrected chi connectivity index (χ4v) is 4.37. The minimum absolute atomic E-state index is 0.0371. The molecule has 1 fully saturated rings. The van der Waals surface area contributed by atoms with Gasteiger partial charge >= 0.3 is 0 Å². The van der Waals surface area contributed by atoms with Gasteiger partial charge in [-0.25, -0.2) is 13.1 Å². The number of rotatable bonds is 3. The van der Waals surface area contributed by atoms with Crippen molar-refractivity contribution in [2.75, 3.05) is 5.73 Å². The molecule has 1 saturated carbocycles.